The van der Waals surface area contributed by atoms with E-state index in [0.717, 1.165) is 11.1 Å². The Kier molecular flexibility index (Phi) is 5.70. The van der Waals surface area contributed by atoms with Crippen LogP contribution in [0.1, 0.15) is 42.6 Å². The summed E-state index contributed by atoms with van der Waals surface area (Å²) < 4.78 is 19.4. The number of nitrogens with zero attached hydrogens (tertiary/aromatic N) is 2. The second-order valence-electron chi connectivity index (χ2n) is 5.74. The molecule has 1 atom stereocenters. The molecule has 4 nitrogen and oxygen atoms in total. The summed E-state index contributed by atoms with van der Waals surface area (Å²) >= 11 is 0. The summed E-state index contributed by atoms with van der Waals surface area (Å²) in [7, 11) is 0. The van der Waals surface area contributed by atoms with E-state index < -0.39 is 12.0 Å². The first kappa shape index (κ1) is 18.1. The van der Waals surface area contributed by atoms with Crippen LogP contribution in [-0.2, 0) is 0 Å². The monoisotopic (exact) mass is 347 g/mol. The summed E-state index contributed by atoms with van der Waals surface area (Å²) in [5, 5.41) is 0. The third kappa shape index (κ3) is 3.63. The molecule has 0 aliphatic rings. The third-order valence-corrected chi connectivity index (χ3v) is 3.80. The highest BCUT2D eigenvalue weighted by Crippen LogP contribution is 2.26. The number of halogens is 2. The Morgan fingerprint density at radius 1 is 1.17 bits per heavy atom. The highest BCUT2D eigenvalue weighted by atomic mass is 35.5. The molecule has 0 aliphatic heterocycles. The van der Waals surface area contributed by atoms with Gasteiger partial charge in [-0.15, -0.1) is 12.4 Å². The molecule has 0 bridgehead atoms. The van der Waals surface area contributed by atoms with Crippen LogP contribution < -0.4 is 5.73 Å². The lowest BCUT2D eigenvalue weighted by atomic mass is 9.99. The van der Waals surface area contributed by atoms with Gasteiger partial charge >= 0.3 is 0 Å². The summed E-state index contributed by atoms with van der Waals surface area (Å²) in [5.41, 5.74) is 9.06. The molecule has 1 aromatic carbocycles. The molecule has 2 aromatic heterocycles. The highest BCUT2D eigenvalue weighted by Gasteiger charge is 2.15. The summed E-state index contributed by atoms with van der Waals surface area (Å²) in [6.45, 7) is 3.86. The fourth-order valence-electron chi connectivity index (χ4n) is 2.48. The zero-order valence-electron chi connectivity index (χ0n) is 13.4. The molecule has 0 saturated carbocycles. The molecule has 0 spiro atoms. The van der Waals surface area contributed by atoms with Crippen molar-refractivity contribution in [2.24, 2.45) is 5.73 Å². The maximum absolute atomic E-state index is 14.1. The second kappa shape index (κ2) is 7.55. The maximum atomic E-state index is 14.1. The predicted octanol–water partition coefficient (Wildman–Crippen LogP) is 4.47. The minimum Gasteiger partial charge on any atom is -0.444 e. The minimum absolute atomic E-state index is 0. The van der Waals surface area contributed by atoms with E-state index in [-0.39, 0.29) is 18.3 Å². The van der Waals surface area contributed by atoms with Gasteiger partial charge in [-0.3, -0.25) is 0 Å². The summed E-state index contributed by atoms with van der Waals surface area (Å²) in [4.78, 5) is 7.94. The fraction of sp³-hybridized carbons (Fsp3) is 0.222. The second-order valence-corrected chi connectivity index (χ2v) is 5.74. The number of oxazole rings is 1. The standard InChI is InChI=1S/C18H18FN3O.ClH/c1-11(2)14-6-7-15(22-18(14)19)17(20)13-5-3-4-12(8-13)16-9-21-10-23-16;/h3-11,17H,20H2,1-2H3;1H. The topological polar surface area (TPSA) is 64.9 Å². The van der Waals surface area contributed by atoms with Crippen molar-refractivity contribution < 1.29 is 8.81 Å². The molecule has 0 amide bonds. The van der Waals surface area contributed by atoms with Crippen molar-refractivity contribution in [1.29, 1.82) is 0 Å². The van der Waals surface area contributed by atoms with Crippen LogP contribution in [-0.4, -0.2) is 9.97 Å². The molecular weight excluding hydrogens is 329 g/mol. The van der Waals surface area contributed by atoms with Crippen LogP contribution >= 0.6 is 12.4 Å². The molecule has 2 N–H and O–H groups in total. The lowest BCUT2D eigenvalue weighted by Gasteiger charge is -2.14. The van der Waals surface area contributed by atoms with Crippen LogP contribution in [0.5, 0.6) is 0 Å². The SMILES string of the molecule is CC(C)c1ccc(C(N)c2cccc(-c3cnco3)c2)nc1F.Cl. The number of nitrogens with two attached hydrogens (primary N) is 1. The van der Waals surface area contributed by atoms with E-state index in [1.165, 1.54) is 6.39 Å². The summed E-state index contributed by atoms with van der Waals surface area (Å²) in [6, 6.07) is 10.6. The number of benzene rings is 1. The van der Waals surface area contributed by atoms with E-state index in [0.29, 0.717) is 17.0 Å². The van der Waals surface area contributed by atoms with E-state index in [4.69, 9.17) is 10.2 Å². The molecule has 24 heavy (non-hydrogen) atoms. The Hall–Kier alpha value is -2.24. The van der Waals surface area contributed by atoms with Gasteiger partial charge in [-0.1, -0.05) is 38.1 Å². The fourth-order valence-corrected chi connectivity index (χ4v) is 2.48. The molecule has 0 radical (unpaired) electrons. The van der Waals surface area contributed by atoms with E-state index >= 15 is 0 Å². The van der Waals surface area contributed by atoms with Gasteiger partial charge < -0.3 is 10.2 Å². The summed E-state index contributed by atoms with van der Waals surface area (Å²) in [5.74, 6) is 0.287. The number of rotatable bonds is 4. The van der Waals surface area contributed by atoms with Crippen molar-refractivity contribution in [2.45, 2.75) is 25.8 Å². The molecule has 3 rings (SSSR count). The minimum atomic E-state index is -0.506. The molecule has 2 heterocycles. The van der Waals surface area contributed by atoms with Crippen LogP contribution in [0.4, 0.5) is 4.39 Å². The van der Waals surface area contributed by atoms with Crippen molar-refractivity contribution in [2.75, 3.05) is 0 Å². The van der Waals surface area contributed by atoms with Crippen molar-refractivity contribution in [3.63, 3.8) is 0 Å². The van der Waals surface area contributed by atoms with Gasteiger partial charge in [-0.2, -0.15) is 4.39 Å². The van der Waals surface area contributed by atoms with Gasteiger partial charge in [0, 0.05) is 11.1 Å². The lowest BCUT2D eigenvalue weighted by molar-refractivity contribution is 0.546. The molecule has 1 unspecified atom stereocenters. The molecule has 0 fully saturated rings. The van der Waals surface area contributed by atoms with E-state index in [9.17, 15) is 4.39 Å². The third-order valence-electron chi connectivity index (χ3n) is 3.80. The molecule has 3 aromatic rings. The lowest BCUT2D eigenvalue weighted by Crippen LogP contribution is -2.15. The number of aromatic nitrogens is 2. The zero-order valence-corrected chi connectivity index (χ0v) is 14.3. The van der Waals surface area contributed by atoms with Gasteiger partial charge in [-0.25, -0.2) is 9.97 Å². The number of pyridine rings is 1. The van der Waals surface area contributed by atoms with Gasteiger partial charge in [0.05, 0.1) is 17.9 Å². The van der Waals surface area contributed by atoms with Gasteiger partial charge in [0.1, 0.15) is 0 Å². The molecular formula is C18H19ClFN3O. The first-order chi connectivity index (χ1) is 11.1. The number of hydrogen-bond donors (Lipinski definition) is 1. The smallest absolute Gasteiger partial charge is 0.216 e. The van der Waals surface area contributed by atoms with Crippen molar-refractivity contribution >= 4 is 12.4 Å². The van der Waals surface area contributed by atoms with Gasteiger partial charge in [0.25, 0.3) is 0 Å². The Bertz CT molecular complexity index is 806. The summed E-state index contributed by atoms with van der Waals surface area (Å²) in [6.07, 6.45) is 3.02. The molecule has 126 valence electrons. The van der Waals surface area contributed by atoms with Crippen LogP contribution in [0, 0.1) is 5.95 Å². The van der Waals surface area contributed by atoms with E-state index in [1.807, 2.05) is 38.1 Å². The van der Waals surface area contributed by atoms with Gasteiger partial charge in [0.15, 0.2) is 12.2 Å². The zero-order chi connectivity index (χ0) is 16.4. The highest BCUT2D eigenvalue weighted by molar-refractivity contribution is 5.85. The van der Waals surface area contributed by atoms with Crippen molar-refractivity contribution in [3.05, 3.63) is 71.8 Å². The first-order valence-electron chi connectivity index (χ1n) is 7.47. The molecule has 0 aliphatic carbocycles. The average molecular weight is 348 g/mol. The van der Waals surface area contributed by atoms with Gasteiger partial charge in [-0.05, 0) is 23.6 Å². The van der Waals surface area contributed by atoms with Crippen LogP contribution in [0.2, 0.25) is 0 Å². The normalized spacial score (nSPS) is 12.0. The quantitative estimate of drug-likeness (QED) is 0.707. The van der Waals surface area contributed by atoms with Crippen molar-refractivity contribution in [3.8, 4) is 11.3 Å². The Labute approximate surface area is 146 Å². The number of hydrogen-bond acceptors (Lipinski definition) is 4. The van der Waals surface area contributed by atoms with Crippen LogP contribution in [0.3, 0.4) is 0 Å². The Morgan fingerprint density at radius 2 is 1.96 bits per heavy atom. The van der Waals surface area contributed by atoms with E-state index in [1.54, 1.807) is 18.3 Å². The maximum Gasteiger partial charge on any atom is 0.216 e. The average Bonchev–Trinajstić information content (AvgIpc) is 3.08. The largest absolute Gasteiger partial charge is 0.444 e. The van der Waals surface area contributed by atoms with Crippen LogP contribution in [0.15, 0.2) is 53.4 Å². The Morgan fingerprint density at radius 3 is 2.58 bits per heavy atom. The van der Waals surface area contributed by atoms with Crippen LogP contribution in [0.25, 0.3) is 11.3 Å². The van der Waals surface area contributed by atoms with Gasteiger partial charge in [0.2, 0.25) is 5.95 Å². The molecule has 6 heteroatoms. The molecule has 0 saturated heterocycles. The van der Waals surface area contributed by atoms with Crippen molar-refractivity contribution in [1.82, 2.24) is 9.97 Å². The van der Waals surface area contributed by atoms with E-state index in [2.05, 4.69) is 9.97 Å². The first-order valence-corrected chi connectivity index (χ1v) is 7.47. The predicted molar refractivity (Wildman–Crippen MR) is 93.5 cm³/mol. The Balaban J connectivity index is 0.00000208.